The second-order valence-corrected chi connectivity index (χ2v) is 9.48. The minimum atomic E-state index is -3.32. The molecular formula is C23H22N2O5S. The average Bonchev–Trinajstić information content (AvgIpc) is 2.96. The topological polar surface area (TPSA) is 110 Å². The number of aromatic hydroxyl groups is 1. The normalized spacial score (nSPS) is 13.8. The zero-order valence-electron chi connectivity index (χ0n) is 16.9. The molecule has 0 atom stereocenters. The van der Waals surface area contributed by atoms with Crippen LogP contribution in [0.15, 0.2) is 65.6 Å². The standard InChI is InChI=1S/C23H22N2O5S/c1-31(28,29)19-6-2-15(3-7-19)23(27)25-10-11-30-22-9-5-16(12-18(22)14-25)17-4-8-20(24)21(26)13-17/h2-9,12-13,26H,10-11,14,24H2,1H3. The highest BCUT2D eigenvalue weighted by molar-refractivity contribution is 7.90. The van der Waals surface area contributed by atoms with Gasteiger partial charge in [-0.1, -0.05) is 12.1 Å². The molecule has 3 aromatic carbocycles. The summed E-state index contributed by atoms with van der Waals surface area (Å²) >= 11 is 0. The fourth-order valence-corrected chi connectivity index (χ4v) is 4.13. The Balaban J connectivity index is 1.61. The van der Waals surface area contributed by atoms with Crippen LogP contribution in [0.2, 0.25) is 0 Å². The predicted octanol–water partition coefficient (Wildman–Crippen LogP) is 3.08. The molecule has 31 heavy (non-hydrogen) atoms. The predicted molar refractivity (Wildman–Crippen MR) is 118 cm³/mol. The van der Waals surface area contributed by atoms with Crippen LogP contribution < -0.4 is 10.5 Å². The number of hydrogen-bond acceptors (Lipinski definition) is 6. The Kier molecular flexibility index (Phi) is 5.32. The fraction of sp³-hybridized carbons (Fsp3) is 0.174. The minimum Gasteiger partial charge on any atom is -0.506 e. The highest BCUT2D eigenvalue weighted by Gasteiger charge is 2.22. The zero-order valence-corrected chi connectivity index (χ0v) is 17.7. The van der Waals surface area contributed by atoms with E-state index in [9.17, 15) is 18.3 Å². The molecule has 7 nitrogen and oxygen atoms in total. The molecule has 0 spiro atoms. The van der Waals surface area contributed by atoms with Crippen LogP contribution in [0.3, 0.4) is 0 Å². The number of rotatable bonds is 3. The van der Waals surface area contributed by atoms with E-state index in [1.165, 1.54) is 24.3 Å². The van der Waals surface area contributed by atoms with Gasteiger partial charge in [0.15, 0.2) is 9.84 Å². The molecule has 0 radical (unpaired) electrons. The molecule has 1 aliphatic rings. The number of phenolic OH excluding ortho intramolecular Hbond substituents is 1. The summed E-state index contributed by atoms with van der Waals surface area (Å²) in [6, 6.07) is 16.7. The third-order valence-electron chi connectivity index (χ3n) is 5.22. The number of nitrogens with zero attached hydrogens (tertiary/aromatic N) is 1. The molecule has 4 rings (SSSR count). The van der Waals surface area contributed by atoms with E-state index >= 15 is 0 Å². The molecule has 0 saturated carbocycles. The summed E-state index contributed by atoms with van der Waals surface area (Å²) < 4.78 is 29.1. The van der Waals surface area contributed by atoms with Gasteiger partial charge < -0.3 is 20.5 Å². The summed E-state index contributed by atoms with van der Waals surface area (Å²) in [5.74, 6) is 0.510. The fourth-order valence-electron chi connectivity index (χ4n) is 3.50. The maximum Gasteiger partial charge on any atom is 0.254 e. The maximum atomic E-state index is 13.0. The largest absolute Gasteiger partial charge is 0.506 e. The quantitative estimate of drug-likeness (QED) is 0.480. The lowest BCUT2D eigenvalue weighted by Crippen LogP contribution is -2.32. The highest BCUT2D eigenvalue weighted by atomic mass is 32.2. The van der Waals surface area contributed by atoms with Gasteiger partial charge in [-0.25, -0.2) is 8.42 Å². The van der Waals surface area contributed by atoms with Gasteiger partial charge in [0.2, 0.25) is 0 Å². The second-order valence-electron chi connectivity index (χ2n) is 7.47. The second kappa shape index (κ2) is 7.96. The molecule has 160 valence electrons. The van der Waals surface area contributed by atoms with Crippen molar-refractivity contribution in [3.05, 3.63) is 71.8 Å². The summed E-state index contributed by atoms with van der Waals surface area (Å²) in [5.41, 5.74) is 8.91. The van der Waals surface area contributed by atoms with Crippen LogP contribution in [-0.4, -0.2) is 43.7 Å². The van der Waals surface area contributed by atoms with E-state index in [0.717, 1.165) is 22.9 Å². The van der Waals surface area contributed by atoms with Gasteiger partial charge in [0.05, 0.1) is 17.1 Å². The number of nitrogens with two attached hydrogens (primary N) is 1. The van der Waals surface area contributed by atoms with Crippen molar-refractivity contribution in [1.82, 2.24) is 4.90 Å². The first-order chi connectivity index (χ1) is 14.7. The molecule has 0 unspecified atom stereocenters. The molecule has 1 aliphatic heterocycles. The Morgan fingerprint density at radius 2 is 1.71 bits per heavy atom. The lowest BCUT2D eigenvalue weighted by Gasteiger charge is -2.20. The SMILES string of the molecule is CS(=O)(=O)c1ccc(C(=O)N2CCOc3ccc(-c4ccc(N)c(O)c4)cc3C2)cc1. The van der Waals surface area contributed by atoms with Gasteiger partial charge in [0.1, 0.15) is 18.1 Å². The van der Waals surface area contributed by atoms with E-state index in [2.05, 4.69) is 0 Å². The van der Waals surface area contributed by atoms with Crippen molar-refractivity contribution in [3.8, 4) is 22.6 Å². The number of sulfone groups is 1. The van der Waals surface area contributed by atoms with Crippen LogP contribution >= 0.6 is 0 Å². The number of benzene rings is 3. The monoisotopic (exact) mass is 438 g/mol. The first kappa shape index (κ1) is 20.7. The van der Waals surface area contributed by atoms with Crippen molar-refractivity contribution < 1.29 is 23.1 Å². The first-order valence-corrected chi connectivity index (χ1v) is 11.6. The Morgan fingerprint density at radius 1 is 1.03 bits per heavy atom. The third kappa shape index (κ3) is 4.34. The molecule has 1 amide bonds. The van der Waals surface area contributed by atoms with E-state index < -0.39 is 9.84 Å². The van der Waals surface area contributed by atoms with Crippen LogP contribution in [0.25, 0.3) is 11.1 Å². The van der Waals surface area contributed by atoms with Crippen LogP contribution in [0.4, 0.5) is 5.69 Å². The van der Waals surface area contributed by atoms with Crippen molar-refractivity contribution in [2.75, 3.05) is 25.1 Å². The van der Waals surface area contributed by atoms with Crippen LogP contribution in [0.1, 0.15) is 15.9 Å². The lowest BCUT2D eigenvalue weighted by atomic mass is 10.0. The number of ether oxygens (including phenoxy) is 1. The van der Waals surface area contributed by atoms with E-state index in [4.69, 9.17) is 10.5 Å². The summed E-state index contributed by atoms with van der Waals surface area (Å²) in [6.07, 6.45) is 1.13. The number of amides is 1. The molecular weight excluding hydrogens is 416 g/mol. The molecule has 0 aliphatic carbocycles. The Bertz CT molecular complexity index is 1250. The summed E-state index contributed by atoms with van der Waals surface area (Å²) in [6.45, 7) is 1.10. The summed E-state index contributed by atoms with van der Waals surface area (Å²) in [5, 5.41) is 9.92. The number of carbonyl (C=O) groups is 1. The van der Waals surface area contributed by atoms with Crippen molar-refractivity contribution >= 4 is 21.4 Å². The molecule has 3 N–H and O–H groups in total. The van der Waals surface area contributed by atoms with Gasteiger partial charge >= 0.3 is 0 Å². The summed E-state index contributed by atoms with van der Waals surface area (Å²) in [4.78, 5) is 14.9. The van der Waals surface area contributed by atoms with E-state index in [1.807, 2.05) is 24.3 Å². The number of fused-ring (bicyclic) bond motifs is 1. The molecule has 0 aromatic heterocycles. The number of phenols is 1. The number of nitrogen functional groups attached to an aromatic ring is 1. The number of hydrogen-bond donors (Lipinski definition) is 2. The lowest BCUT2D eigenvalue weighted by molar-refractivity contribution is 0.0733. The molecule has 8 heteroatoms. The smallest absolute Gasteiger partial charge is 0.254 e. The van der Waals surface area contributed by atoms with Gasteiger partial charge in [0.25, 0.3) is 5.91 Å². The van der Waals surface area contributed by atoms with Crippen molar-refractivity contribution in [1.29, 1.82) is 0 Å². The molecule has 1 heterocycles. The van der Waals surface area contributed by atoms with E-state index in [0.29, 0.717) is 36.7 Å². The Labute approximate surface area is 180 Å². The van der Waals surface area contributed by atoms with Crippen LogP contribution in [0.5, 0.6) is 11.5 Å². The highest BCUT2D eigenvalue weighted by Crippen LogP contribution is 2.32. The minimum absolute atomic E-state index is 0.0121. The van der Waals surface area contributed by atoms with Gasteiger partial charge in [-0.15, -0.1) is 0 Å². The van der Waals surface area contributed by atoms with Gasteiger partial charge in [-0.3, -0.25) is 4.79 Å². The van der Waals surface area contributed by atoms with E-state index in [-0.39, 0.29) is 16.6 Å². The molecule has 0 bridgehead atoms. The number of anilines is 1. The van der Waals surface area contributed by atoms with Crippen LogP contribution in [0, 0.1) is 0 Å². The Morgan fingerprint density at radius 3 is 2.39 bits per heavy atom. The van der Waals surface area contributed by atoms with E-state index in [1.54, 1.807) is 17.0 Å². The van der Waals surface area contributed by atoms with Gasteiger partial charge in [-0.2, -0.15) is 0 Å². The van der Waals surface area contributed by atoms with Crippen molar-refractivity contribution in [3.63, 3.8) is 0 Å². The Hall–Kier alpha value is -3.52. The van der Waals surface area contributed by atoms with Crippen molar-refractivity contribution in [2.45, 2.75) is 11.4 Å². The van der Waals surface area contributed by atoms with Crippen LogP contribution in [-0.2, 0) is 16.4 Å². The average molecular weight is 439 g/mol. The molecule has 0 saturated heterocycles. The molecule has 0 fully saturated rings. The third-order valence-corrected chi connectivity index (χ3v) is 6.35. The summed E-state index contributed by atoms with van der Waals surface area (Å²) in [7, 11) is -3.32. The number of carbonyl (C=O) groups excluding carboxylic acids is 1. The molecule has 3 aromatic rings. The van der Waals surface area contributed by atoms with Gasteiger partial charge in [0, 0.05) is 23.9 Å². The first-order valence-electron chi connectivity index (χ1n) is 9.66. The zero-order chi connectivity index (χ0) is 22.2. The van der Waals surface area contributed by atoms with Crippen molar-refractivity contribution in [2.24, 2.45) is 0 Å². The maximum absolute atomic E-state index is 13.0. The van der Waals surface area contributed by atoms with Gasteiger partial charge in [-0.05, 0) is 59.7 Å².